The van der Waals surface area contributed by atoms with Gasteiger partial charge in [0.05, 0.1) is 0 Å². The highest BCUT2D eigenvalue weighted by Gasteiger charge is 2.20. The monoisotopic (exact) mass is 160 g/mol. The minimum absolute atomic E-state index is 0.108. The van der Waals surface area contributed by atoms with Crippen LogP contribution >= 0.6 is 0 Å². The van der Waals surface area contributed by atoms with E-state index in [1.807, 2.05) is 24.3 Å². The predicted molar refractivity (Wildman–Crippen MR) is 47.9 cm³/mol. The molecule has 0 atom stereocenters. The first-order valence-electron chi connectivity index (χ1n) is 3.99. The Morgan fingerprint density at radius 3 is 2.92 bits per heavy atom. The summed E-state index contributed by atoms with van der Waals surface area (Å²) in [6.45, 7) is 2.31. The smallest absolute Gasteiger partial charge is 0.223 e. The molecule has 0 aliphatic carbocycles. The lowest BCUT2D eigenvalue weighted by Gasteiger charge is -2.13. The standard InChI is InChI=1S/C10H10NO/c1-8(12)11-7-6-9-4-2-3-5-10(9)11/h2-6H,7H2,1H3. The minimum atomic E-state index is 0.108. The summed E-state index contributed by atoms with van der Waals surface area (Å²) in [7, 11) is 0. The molecule has 1 aromatic carbocycles. The van der Waals surface area contributed by atoms with Crippen LogP contribution in [0.5, 0.6) is 0 Å². The molecule has 0 bridgehead atoms. The molecule has 0 N–H and O–H groups in total. The van der Waals surface area contributed by atoms with Gasteiger partial charge in [-0.15, -0.1) is 0 Å². The van der Waals surface area contributed by atoms with Crippen LogP contribution in [-0.2, 0) is 4.79 Å². The Morgan fingerprint density at radius 2 is 2.17 bits per heavy atom. The van der Waals surface area contributed by atoms with Gasteiger partial charge in [-0.05, 0) is 11.6 Å². The Morgan fingerprint density at radius 1 is 1.42 bits per heavy atom. The van der Waals surface area contributed by atoms with Crippen LogP contribution in [0.1, 0.15) is 12.5 Å². The molecule has 0 fully saturated rings. The summed E-state index contributed by atoms with van der Waals surface area (Å²) < 4.78 is 0. The molecule has 0 saturated carbocycles. The van der Waals surface area contributed by atoms with Crippen molar-refractivity contribution in [3.05, 3.63) is 36.2 Å². The highest BCUT2D eigenvalue weighted by atomic mass is 16.2. The first-order chi connectivity index (χ1) is 5.79. The van der Waals surface area contributed by atoms with E-state index in [0.717, 1.165) is 11.3 Å². The van der Waals surface area contributed by atoms with E-state index in [1.165, 1.54) is 0 Å². The number of carbonyl (C=O) groups is 1. The van der Waals surface area contributed by atoms with Crippen molar-refractivity contribution in [2.45, 2.75) is 6.92 Å². The Bertz CT molecular complexity index is 319. The fourth-order valence-electron chi connectivity index (χ4n) is 1.49. The van der Waals surface area contributed by atoms with Crippen molar-refractivity contribution in [3.63, 3.8) is 0 Å². The van der Waals surface area contributed by atoms with Crippen molar-refractivity contribution >= 4 is 11.6 Å². The second-order valence-corrected chi connectivity index (χ2v) is 2.89. The zero-order valence-corrected chi connectivity index (χ0v) is 6.95. The van der Waals surface area contributed by atoms with Crippen LogP contribution in [0.25, 0.3) is 0 Å². The number of rotatable bonds is 0. The van der Waals surface area contributed by atoms with Gasteiger partial charge in [0.15, 0.2) is 0 Å². The van der Waals surface area contributed by atoms with Crippen molar-refractivity contribution in [2.24, 2.45) is 0 Å². The number of fused-ring (bicyclic) bond motifs is 1. The van der Waals surface area contributed by atoms with E-state index < -0.39 is 0 Å². The Labute approximate surface area is 71.8 Å². The lowest BCUT2D eigenvalue weighted by atomic mass is 10.2. The summed E-state index contributed by atoms with van der Waals surface area (Å²) in [6.07, 6.45) is 2.07. The van der Waals surface area contributed by atoms with Crippen LogP contribution in [0.2, 0.25) is 0 Å². The molecule has 0 spiro atoms. The minimum Gasteiger partial charge on any atom is -0.312 e. The van der Waals surface area contributed by atoms with E-state index >= 15 is 0 Å². The molecule has 0 saturated heterocycles. The largest absolute Gasteiger partial charge is 0.312 e. The van der Waals surface area contributed by atoms with Crippen LogP contribution in [-0.4, -0.2) is 12.5 Å². The van der Waals surface area contributed by atoms with Crippen molar-refractivity contribution < 1.29 is 4.79 Å². The normalized spacial score (nSPS) is 14.6. The summed E-state index contributed by atoms with van der Waals surface area (Å²) in [4.78, 5) is 12.9. The molecule has 1 aliphatic heterocycles. The molecule has 2 rings (SSSR count). The van der Waals surface area contributed by atoms with Gasteiger partial charge in [-0.3, -0.25) is 4.79 Å². The van der Waals surface area contributed by atoms with E-state index in [-0.39, 0.29) is 5.91 Å². The molecular weight excluding hydrogens is 150 g/mol. The maximum atomic E-state index is 11.1. The average Bonchev–Trinajstić information content (AvgIpc) is 2.47. The lowest BCUT2D eigenvalue weighted by Crippen LogP contribution is -2.25. The fourth-order valence-corrected chi connectivity index (χ4v) is 1.49. The van der Waals surface area contributed by atoms with Crippen LogP contribution < -0.4 is 4.90 Å². The SMILES string of the molecule is CC(=O)N1C[CH]c2ccccc21. The molecule has 1 radical (unpaired) electrons. The molecule has 1 amide bonds. The van der Waals surface area contributed by atoms with E-state index in [4.69, 9.17) is 0 Å². The van der Waals surface area contributed by atoms with Gasteiger partial charge in [0.25, 0.3) is 0 Å². The molecule has 2 heteroatoms. The second kappa shape index (κ2) is 2.63. The number of carbonyl (C=O) groups excluding carboxylic acids is 1. The highest BCUT2D eigenvalue weighted by molar-refractivity contribution is 5.94. The summed E-state index contributed by atoms with van der Waals surface area (Å²) in [6, 6.07) is 7.94. The van der Waals surface area contributed by atoms with Crippen molar-refractivity contribution in [3.8, 4) is 0 Å². The molecule has 61 valence electrons. The molecule has 0 unspecified atom stereocenters. The Kier molecular flexibility index (Phi) is 1.61. The topological polar surface area (TPSA) is 20.3 Å². The van der Waals surface area contributed by atoms with Gasteiger partial charge in [-0.2, -0.15) is 0 Å². The number of para-hydroxylation sites is 1. The highest BCUT2D eigenvalue weighted by Crippen LogP contribution is 2.28. The quantitative estimate of drug-likeness (QED) is 0.564. The van der Waals surface area contributed by atoms with Gasteiger partial charge in [0.1, 0.15) is 0 Å². The van der Waals surface area contributed by atoms with Crippen molar-refractivity contribution in [1.82, 2.24) is 0 Å². The van der Waals surface area contributed by atoms with Crippen LogP contribution in [0, 0.1) is 6.42 Å². The summed E-state index contributed by atoms with van der Waals surface area (Å²) in [5.41, 5.74) is 2.19. The van der Waals surface area contributed by atoms with E-state index in [1.54, 1.807) is 11.8 Å². The van der Waals surface area contributed by atoms with E-state index in [9.17, 15) is 4.79 Å². The molecule has 2 nitrogen and oxygen atoms in total. The van der Waals surface area contributed by atoms with Crippen LogP contribution in [0.15, 0.2) is 24.3 Å². The zero-order chi connectivity index (χ0) is 8.55. The predicted octanol–water partition coefficient (Wildman–Crippen LogP) is 1.61. The van der Waals surface area contributed by atoms with Crippen molar-refractivity contribution in [2.75, 3.05) is 11.4 Å². The second-order valence-electron chi connectivity index (χ2n) is 2.89. The van der Waals surface area contributed by atoms with Gasteiger partial charge in [-0.25, -0.2) is 0 Å². The summed E-state index contributed by atoms with van der Waals surface area (Å²) >= 11 is 0. The van der Waals surface area contributed by atoms with E-state index in [2.05, 4.69) is 6.42 Å². The molecular formula is C10H10NO. The van der Waals surface area contributed by atoms with Gasteiger partial charge in [0.2, 0.25) is 5.91 Å². The number of anilines is 1. The number of amides is 1. The molecule has 1 aliphatic rings. The number of benzene rings is 1. The van der Waals surface area contributed by atoms with Crippen molar-refractivity contribution in [1.29, 1.82) is 0 Å². The maximum absolute atomic E-state index is 11.1. The third-order valence-electron chi connectivity index (χ3n) is 2.10. The first-order valence-corrected chi connectivity index (χ1v) is 3.99. The average molecular weight is 160 g/mol. The summed E-state index contributed by atoms with van der Waals surface area (Å²) in [5.74, 6) is 0.108. The molecule has 1 aromatic rings. The van der Waals surface area contributed by atoms with Gasteiger partial charge >= 0.3 is 0 Å². The third kappa shape index (κ3) is 0.998. The molecule has 12 heavy (non-hydrogen) atoms. The first kappa shape index (κ1) is 7.35. The Balaban J connectivity index is 2.42. The zero-order valence-electron chi connectivity index (χ0n) is 6.95. The number of nitrogens with zero attached hydrogens (tertiary/aromatic N) is 1. The van der Waals surface area contributed by atoms with E-state index in [0.29, 0.717) is 6.54 Å². The third-order valence-corrected chi connectivity index (χ3v) is 2.10. The lowest BCUT2D eigenvalue weighted by molar-refractivity contribution is -0.116. The van der Waals surface area contributed by atoms with Crippen LogP contribution in [0.3, 0.4) is 0 Å². The number of hydrogen-bond acceptors (Lipinski definition) is 1. The number of hydrogen-bond donors (Lipinski definition) is 0. The fraction of sp³-hybridized carbons (Fsp3) is 0.200. The maximum Gasteiger partial charge on any atom is 0.223 e. The van der Waals surface area contributed by atoms with Gasteiger partial charge < -0.3 is 4.90 Å². The molecule has 1 heterocycles. The Hall–Kier alpha value is -1.31. The molecule has 0 aromatic heterocycles. The van der Waals surface area contributed by atoms with Gasteiger partial charge in [0, 0.05) is 25.6 Å². The van der Waals surface area contributed by atoms with Crippen LogP contribution in [0.4, 0.5) is 5.69 Å². The summed E-state index contributed by atoms with van der Waals surface area (Å²) in [5, 5.41) is 0. The van der Waals surface area contributed by atoms with Gasteiger partial charge in [-0.1, -0.05) is 18.2 Å².